The van der Waals surface area contributed by atoms with E-state index in [2.05, 4.69) is 36.5 Å². The summed E-state index contributed by atoms with van der Waals surface area (Å²) in [5.74, 6) is 10.8. The van der Waals surface area contributed by atoms with Gasteiger partial charge in [0.05, 0.1) is 6.10 Å². The second kappa shape index (κ2) is 14.1. The zero-order valence-electron chi connectivity index (χ0n) is 19.6. The van der Waals surface area contributed by atoms with Crippen molar-refractivity contribution in [3.63, 3.8) is 0 Å². The van der Waals surface area contributed by atoms with Gasteiger partial charge in [0.25, 0.3) is 0 Å². The fourth-order valence-corrected chi connectivity index (χ4v) is 6.89. The molecule has 2 nitrogen and oxygen atoms in total. The number of ether oxygens (including phenoxy) is 1. The summed E-state index contributed by atoms with van der Waals surface area (Å²) in [6.45, 7) is 13.1. The lowest BCUT2D eigenvalue weighted by Crippen LogP contribution is -2.31. The lowest BCUT2D eigenvalue weighted by atomic mass is 9.93. The minimum atomic E-state index is -0.963. The van der Waals surface area contributed by atoms with Crippen LogP contribution in [0.4, 0.5) is 0 Å². The molecule has 2 N–H and O–H groups in total. The van der Waals surface area contributed by atoms with E-state index >= 15 is 0 Å². The van der Waals surface area contributed by atoms with E-state index in [0.29, 0.717) is 5.92 Å². The molecule has 2 rings (SSSR count). The Morgan fingerprint density at radius 3 is 2.53 bits per heavy atom. The van der Waals surface area contributed by atoms with Gasteiger partial charge in [-0.05, 0) is 68.4 Å². The minimum Gasteiger partial charge on any atom is -0.404 e. The first kappa shape index (κ1) is 26.9. The Bertz CT molecular complexity index is 752. The van der Waals surface area contributed by atoms with Crippen molar-refractivity contribution in [1.29, 1.82) is 0 Å². The van der Waals surface area contributed by atoms with Crippen LogP contribution < -0.4 is 5.73 Å². The van der Waals surface area contributed by atoms with Crippen LogP contribution in [0.25, 0.3) is 0 Å². The molecule has 4 heteroatoms. The van der Waals surface area contributed by atoms with E-state index in [1.165, 1.54) is 19.3 Å². The molecule has 170 valence electrons. The first-order valence-corrected chi connectivity index (χ1v) is 14.2. The van der Waals surface area contributed by atoms with Crippen molar-refractivity contribution in [1.82, 2.24) is 0 Å². The number of allylic oxidation sites excluding steroid dienone is 6. The van der Waals surface area contributed by atoms with E-state index in [-0.39, 0.29) is 6.10 Å². The van der Waals surface area contributed by atoms with E-state index in [1.54, 1.807) is 18.0 Å². The molecule has 30 heavy (non-hydrogen) atoms. The van der Waals surface area contributed by atoms with E-state index in [9.17, 15) is 0 Å². The molecule has 0 aromatic carbocycles. The predicted molar refractivity (Wildman–Crippen MR) is 145 cm³/mol. The van der Waals surface area contributed by atoms with Crippen molar-refractivity contribution in [2.45, 2.75) is 71.2 Å². The summed E-state index contributed by atoms with van der Waals surface area (Å²) in [6, 6.07) is 0. The molecule has 0 spiro atoms. The van der Waals surface area contributed by atoms with Crippen LogP contribution in [0.1, 0.15) is 59.8 Å². The second-order valence-corrected chi connectivity index (χ2v) is 12.4. The van der Waals surface area contributed by atoms with Crippen molar-refractivity contribution in [2.24, 2.45) is 11.7 Å². The zero-order chi connectivity index (χ0) is 22.6. The number of hydrogen-bond donors (Lipinski definition) is 1. The maximum atomic E-state index is 6.16. The molecule has 0 bridgehead atoms. The average molecular weight is 450 g/mol. The highest BCUT2D eigenvalue weighted by Gasteiger charge is 2.32. The number of hydrogen-bond acceptors (Lipinski definition) is 3. The fourth-order valence-electron chi connectivity index (χ4n) is 3.54. The molecule has 2 atom stereocenters. The normalized spacial score (nSPS) is 23.5. The predicted octanol–water partition coefficient (Wildman–Crippen LogP) is 7.15. The topological polar surface area (TPSA) is 35.2 Å². The first-order chi connectivity index (χ1) is 14.4. The van der Waals surface area contributed by atoms with E-state index in [1.807, 2.05) is 39.8 Å². The van der Waals surface area contributed by atoms with Crippen molar-refractivity contribution in [2.75, 3.05) is 12.4 Å². The van der Waals surface area contributed by atoms with Gasteiger partial charge in [0.1, 0.15) is 0 Å². The van der Waals surface area contributed by atoms with Crippen molar-refractivity contribution in [3.8, 4) is 0 Å². The quantitative estimate of drug-likeness (QED) is 0.284. The summed E-state index contributed by atoms with van der Waals surface area (Å²) in [5.41, 5.74) is 6.72. The summed E-state index contributed by atoms with van der Waals surface area (Å²) < 4.78 is 6.16. The van der Waals surface area contributed by atoms with Crippen LogP contribution >= 0.6 is 21.0 Å². The molecule has 1 heterocycles. The smallest absolute Gasteiger partial charge is 0.0645 e. The molecule has 0 aromatic rings. The van der Waals surface area contributed by atoms with Crippen LogP contribution in [0.15, 0.2) is 58.5 Å². The molecule has 1 aliphatic carbocycles. The molecule has 2 aliphatic rings. The summed E-state index contributed by atoms with van der Waals surface area (Å²) in [4.78, 5) is 2.05. The molecule has 0 radical (unpaired) electrons. The SMILES string of the molecule is C=C(S/C(C)=C\N)C(/C=C\C[C@H]1OCCCC1CS(=C)(=C)C1CC1)=C/C=C/C.CC. The fraction of sp³-hybridized carbons (Fsp3) is 0.538. The summed E-state index contributed by atoms with van der Waals surface area (Å²) in [5, 5.41) is 0.792. The Labute approximate surface area is 190 Å². The average Bonchev–Trinajstić information content (AvgIpc) is 3.59. The molecular formula is C26H43NOS2. The molecule has 1 saturated heterocycles. The Morgan fingerprint density at radius 1 is 1.23 bits per heavy atom. The van der Waals surface area contributed by atoms with Crippen molar-refractivity contribution >= 4 is 32.7 Å². The highest BCUT2D eigenvalue weighted by Crippen LogP contribution is 2.46. The molecule has 2 fully saturated rings. The third-order valence-corrected chi connectivity index (χ3v) is 9.25. The Kier molecular flexibility index (Phi) is 12.6. The zero-order valence-corrected chi connectivity index (χ0v) is 21.2. The Hall–Kier alpha value is -1.10. The third kappa shape index (κ3) is 9.36. The van der Waals surface area contributed by atoms with Crippen LogP contribution in [0.3, 0.4) is 0 Å². The van der Waals surface area contributed by atoms with Gasteiger partial charge in [0, 0.05) is 22.6 Å². The maximum absolute atomic E-state index is 6.16. The van der Waals surface area contributed by atoms with Gasteiger partial charge in [0.15, 0.2) is 0 Å². The third-order valence-electron chi connectivity index (χ3n) is 5.33. The highest BCUT2D eigenvalue weighted by atomic mass is 32.2. The molecule has 1 saturated carbocycles. The Balaban J connectivity index is 0.00000218. The number of thioether (sulfide) groups is 1. The minimum absolute atomic E-state index is 0.286. The number of rotatable bonds is 10. The van der Waals surface area contributed by atoms with Crippen LogP contribution in [0.5, 0.6) is 0 Å². The van der Waals surface area contributed by atoms with Crippen LogP contribution in [0.2, 0.25) is 0 Å². The largest absolute Gasteiger partial charge is 0.404 e. The van der Waals surface area contributed by atoms with E-state index in [4.69, 9.17) is 10.5 Å². The lowest BCUT2D eigenvalue weighted by Gasteiger charge is -2.33. The Morgan fingerprint density at radius 2 is 1.93 bits per heavy atom. The van der Waals surface area contributed by atoms with Gasteiger partial charge in [-0.25, -0.2) is 9.21 Å². The molecule has 0 aromatic heterocycles. The standard InChI is InChI=1S/C24H37NOS2.C2H6/c1-6-7-10-21(20(3)27-19(2)17-25)11-8-13-24-22(12-9-16-26-24)18-28(4,5)23-14-15-23;1-2/h6-8,10-11,17,22-24H,3-5,9,12-16,18,25H2,1-2H3;1-2H3/b7-6+,11-8-,19-17-,21-10+;/t22?,24-;/m1./s1. The van der Waals surface area contributed by atoms with Crippen molar-refractivity contribution in [3.05, 3.63) is 58.5 Å². The molecule has 0 amide bonds. The summed E-state index contributed by atoms with van der Waals surface area (Å²) >= 11 is 1.61. The molecular weight excluding hydrogens is 406 g/mol. The van der Waals surface area contributed by atoms with E-state index in [0.717, 1.165) is 45.8 Å². The lowest BCUT2D eigenvalue weighted by molar-refractivity contribution is -0.0162. The van der Waals surface area contributed by atoms with Gasteiger partial charge >= 0.3 is 0 Å². The second-order valence-electron chi connectivity index (χ2n) is 7.88. The van der Waals surface area contributed by atoms with Gasteiger partial charge in [-0.3, -0.25) is 0 Å². The highest BCUT2D eigenvalue weighted by molar-refractivity contribution is 8.28. The van der Waals surface area contributed by atoms with Gasteiger partial charge < -0.3 is 10.5 Å². The summed E-state index contributed by atoms with van der Waals surface area (Å²) in [7, 11) is -0.963. The van der Waals surface area contributed by atoms with Crippen LogP contribution in [-0.2, 0) is 4.74 Å². The molecule has 1 unspecified atom stereocenters. The molecule has 1 aliphatic heterocycles. The van der Waals surface area contributed by atoms with Crippen molar-refractivity contribution < 1.29 is 4.74 Å². The van der Waals surface area contributed by atoms with Gasteiger partial charge in [0.2, 0.25) is 0 Å². The van der Waals surface area contributed by atoms with Crippen LogP contribution in [-0.4, -0.2) is 35.5 Å². The van der Waals surface area contributed by atoms with E-state index < -0.39 is 9.21 Å². The van der Waals surface area contributed by atoms with Gasteiger partial charge in [-0.2, -0.15) is 0 Å². The van der Waals surface area contributed by atoms with Crippen LogP contribution in [0, 0.1) is 5.92 Å². The van der Waals surface area contributed by atoms with Gasteiger partial charge in [-0.1, -0.05) is 74.3 Å². The summed E-state index contributed by atoms with van der Waals surface area (Å²) in [6.07, 6.45) is 18.5. The monoisotopic (exact) mass is 449 g/mol. The maximum Gasteiger partial charge on any atom is 0.0645 e. The first-order valence-electron chi connectivity index (χ1n) is 11.2. The van der Waals surface area contributed by atoms with Gasteiger partial charge in [-0.15, -0.1) is 0 Å². The number of nitrogens with two attached hydrogens (primary N) is 1.